The van der Waals surface area contributed by atoms with Gasteiger partial charge in [-0.05, 0) is 43.4 Å². The number of thioether (sulfide) groups is 1. The Hall–Kier alpha value is 0.01000. The SMILES string of the molecule is CC1(C(N)Cc2cccs2)CCCS1. The molecule has 1 fully saturated rings. The summed E-state index contributed by atoms with van der Waals surface area (Å²) in [4.78, 5) is 1.42. The summed E-state index contributed by atoms with van der Waals surface area (Å²) >= 11 is 3.87. The van der Waals surface area contributed by atoms with Gasteiger partial charge in [0.15, 0.2) is 0 Å². The predicted octanol–water partition coefficient (Wildman–Crippen LogP) is 2.90. The van der Waals surface area contributed by atoms with Gasteiger partial charge >= 0.3 is 0 Å². The topological polar surface area (TPSA) is 26.0 Å². The smallest absolute Gasteiger partial charge is 0.0286 e. The van der Waals surface area contributed by atoms with Gasteiger partial charge in [-0.3, -0.25) is 0 Å². The lowest BCUT2D eigenvalue weighted by atomic mass is 9.94. The Kier molecular flexibility index (Phi) is 3.20. The fourth-order valence-corrected chi connectivity index (χ4v) is 4.06. The van der Waals surface area contributed by atoms with Crippen molar-refractivity contribution in [2.24, 2.45) is 5.73 Å². The minimum Gasteiger partial charge on any atom is -0.326 e. The van der Waals surface area contributed by atoms with Crippen molar-refractivity contribution < 1.29 is 0 Å². The van der Waals surface area contributed by atoms with E-state index in [0.717, 1.165) is 6.42 Å². The molecular weight excluding hydrogens is 210 g/mol. The molecule has 0 amide bonds. The summed E-state index contributed by atoms with van der Waals surface area (Å²) < 4.78 is 0.323. The van der Waals surface area contributed by atoms with Gasteiger partial charge in [0.1, 0.15) is 0 Å². The maximum absolute atomic E-state index is 6.29. The Morgan fingerprint density at radius 3 is 3.07 bits per heavy atom. The van der Waals surface area contributed by atoms with Crippen LogP contribution >= 0.6 is 23.1 Å². The van der Waals surface area contributed by atoms with Crippen LogP contribution in [0.5, 0.6) is 0 Å². The van der Waals surface area contributed by atoms with Crippen molar-refractivity contribution >= 4 is 23.1 Å². The first-order valence-electron chi connectivity index (χ1n) is 5.13. The van der Waals surface area contributed by atoms with Gasteiger partial charge in [0, 0.05) is 15.7 Å². The maximum Gasteiger partial charge on any atom is 0.0286 e. The third-order valence-electron chi connectivity index (χ3n) is 3.03. The highest BCUT2D eigenvalue weighted by molar-refractivity contribution is 8.00. The molecule has 1 aromatic heterocycles. The van der Waals surface area contributed by atoms with Crippen LogP contribution < -0.4 is 5.73 Å². The number of hydrogen-bond donors (Lipinski definition) is 1. The zero-order valence-corrected chi connectivity index (χ0v) is 10.2. The molecule has 0 radical (unpaired) electrons. The van der Waals surface area contributed by atoms with E-state index >= 15 is 0 Å². The van der Waals surface area contributed by atoms with Gasteiger partial charge < -0.3 is 5.73 Å². The van der Waals surface area contributed by atoms with Crippen LogP contribution in [0.1, 0.15) is 24.6 Å². The van der Waals surface area contributed by atoms with Crippen LogP contribution in [0.15, 0.2) is 17.5 Å². The van der Waals surface area contributed by atoms with E-state index in [-0.39, 0.29) is 0 Å². The second kappa shape index (κ2) is 4.25. The zero-order chi connectivity index (χ0) is 10.0. The van der Waals surface area contributed by atoms with Crippen molar-refractivity contribution in [2.45, 2.75) is 37.0 Å². The van der Waals surface area contributed by atoms with Crippen molar-refractivity contribution in [3.8, 4) is 0 Å². The van der Waals surface area contributed by atoms with Crippen LogP contribution in [0.3, 0.4) is 0 Å². The van der Waals surface area contributed by atoms with Crippen LogP contribution in [0, 0.1) is 0 Å². The molecule has 1 aliphatic heterocycles. The first-order valence-corrected chi connectivity index (χ1v) is 6.99. The fraction of sp³-hybridized carbons (Fsp3) is 0.636. The lowest BCUT2D eigenvalue weighted by Gasteiger charge is -2.29. The van der Waals surface area contributed by atoms with Gasteiger partial charge in [-0.15, -0.1) is 11.3 Å². The second-order valence-corrected chi connectivity index (χ2v) is 6.82. The Morgan fingerprint density at radius 2 is 2.50 bits per heavy atom. The van der Waals surface area contributed by atoms with Gasteiger partial charge in [-0.25, -0.2) is 0 Å². The third kappa shape index (κ3) is 2.15. The number of thiophene rings is 1. The molecule has 2 unspecified atom stereocenters. The predicted molar refractivity (Wildman–Crippen MR) is 66.1 cm³/mol. The minimum atomic E-state index is 0.314. The van der Waals surface area contributed by atoms with Crippen molar-refractivity contribution in [3.63, 3.8) is 0 Å². The lowest BCUT2D eigenvalue weighted by molar-refractivity contribution is 0.484. The van der Waals surface area contributed by atoms with Gasteiger partial charge in [-0.2, -0.15) is 11.8 Å². The van der Waals surface area contributed by atoms with Crippen molar-refractivity contribution in [1.29, 1.82) is 0 Å². The molecule has 0 bridgehead atoms. The van der Waals surface area contributed by atoms with Gasteiger partial charge in [-0.1, -0.05) is 6.07 Å². The quantitative estimate of drug-likeness (QED) is 0.859. The Bertz CT molecular complexity index is 275. The fourth-order valence-electron chi connectivity index (χ4n) is 1.95. The Morgan fingerprint density at radius 1 is 1.64 bits per heavy atom. The van der Waals surface area contributed by atoms with Gasteiger partial charge in [0.25, 0.3) is 0 Å². The van der Waals surface area contributed by atoms with Gasteiger partial charge in [0.05, 0.1) is 0 Å². The molecule has 0 spiro atoms. The van der Waals surface area contributed by atoms with Crippen LogP contribution in [-0.4, -0.2) is 16.5 Å². The van der Waals surface area contributed by atoms with Crippen molar-refractivity contribution in [3.05, 3.63) is 22.4 Å². The summed E-state index contributed by atoms with van der Waals surface area (Å²) in [5, 5.41) is 2.13. The average Bonchev–Trinajstić information content (AvgIpc) is 2.76. The summed E-state index contributed by atoms with van der Waals surface area (Å²) in [7, 11) is 0. The first kappa shape index (κ1) is 10.5. The molecule has 2 N–H and O–H groups in total. The zero-order valence-electron chi connectivity index (χ0n) is 8.53. The summed E-state index contributed by atoms with van der Waals surface area (Å²) in [5.74, 6) is 1.29. The molecule has 0 aromatic carbocycles. The van der Waals surface area contributed by atoms with Crippen LogP contribution in [0.4, 0.5) is 0 Å². The normalized spacial score (nSPS) is 29.3. The molecule has 2 heterocycles. The van der Waals surface area contributed by atoms with Crippen LogP contribution in [0.2, 0.25) is 0 Å². The summed E-state index contributed by atoms with van der Waals surface area (Å²) in [6, 6.07) is 4.61. The van der Waals surface area contributed by atoms with E-state index in [1.165, 1.54) is 23.5 Å². The monoisotopic (exact) mass is 227 g/mol. The van der Waals surface area contributed by atoms with E-state index in [4.69, 9.17) is 5.73 Å². The molecule has 14 heavy (non-hydrogen) atoms. The largest absolute Gasteiger partial charge is 0.326 e. The molecule has 1 saturated heterocycles. The summed E-state index contributed by atoms with van der Waals surface area (Å²) in [6.45, 7) is 2.32. The van der Waals surface area contributed by atoms with E-state index in [2.05, 4.69) is 36.2 Å². The van der Waals surface area contributed by atoms with Crippen molar-refractivity contribution in [2.75, 3.05) is 5.75 Å². The summed E-state index contributed by atoms with van der Waals surface area (Å²) in [5.41, 5.74) is 6.29. The van der Waals surface area contributed by atoms with Crippen molar-refractivity contribution in [1.82, 2.24) is 0 Å². The van der Waals surface area contributed by atoms with Crippen LogP contribution in [-0.2, 0) is 6.42 Å². The molecule has 2 atom stereocenters. The molecule has 1 aromatic rings. The van der Waals surface area contributed by atoms with E-state index in [1.807, 2.05) is 11.3 Å². The molecule has 0 saturated carbocycles. The van der Waals surface area contributed by atoms with Gasteiger partial charge in [0.2, 0.25) is 0 Å². The molecule has 2 rings (SSSR count). The minimum absolute atomic E-state index is 0.314. The molecule has 0 aliphatic carbocycles. The molecule has 1 aliphatic rings. The second-order valence-electron chi connectivity index (χ2n) is 4.15. The average molecular weight is 227 g/mol. The van der Waals surface area contributed by atoms with E-state index in [1.54, 1.807) is 0 Å². The number of rotatable bonds is 3. The highest BCUT2D eigenvalue weighted by atomic mass is 32.2. The first-order chi connectivity index (χ1) is 6.71. The highest BCUT2D eigenvalue weighted by Crippen LogP contribution is 2.40. The Labute approximate surface area is 94.1 Å². The number of nitrogens with two attached hydrogens (primary N) is 1. The third-order valence-corrected chi connectivity index (χ3v) is 5.59. The standard InChI is InChI=1S/C11H17NS2/c1-11(5-3-7-14-11)10(12)8-9-4-2-6-13-9/h2,4,6,10H,3,5,7-8,12H2,1H3. The molecular formula is C11H17NS2. The molecule has 3 heteroatoms. The molecule has 78 valence electrons. The molecule has 1 nitrogen and oxygen atoms in total. The lowest BCUT2D eigenvalue weighted by Crippen LogP contribution is -2.42. The van der Waals surface area contributed by atoms with E-state index in [9.17, 15) is 0 Å². The number of hydrogen-bond acceptors (Lipinski definition) is 3. The highest BCUT2D eigenvalue weighted by Gasteiger charge is 2.35. The van der Waals surface area contributed by atoms with E-state index in [0.29, 0.717) is 10.8 Å². The summed E-state index contributed by atoms with van der Waals surface area (Å²) in [6.07, 6.45) is 3.66. The maximum atomic E-state index is 6.29. The van der Waals surface area contributed by atoms with Crippen LogP contribution in [0.25, 0.3) is 0 Å². The Balaban J connectivity index is 1.98. The van der Waals surface area contributed by atoms with E-state index < -0.39 is 0 Å².